The molecular formula is C26H23FN2O2. The number of imide groups is 1. The molecule has 0 spiro atoms. The zero-order chi connectivity index (χ0) is 22.0. The number of aryl methyl sites for hydroxylation is 2. The van der Waals surface area contributed by atoms with E-state index in [2.05, 4.69) is 5.32 Å². The number of rotatable bonds is 6. The number of nitrogens with zero attached hydrogens (tertiary/aromatic N) is 1. The van der Waals surface area contributed by atoms with E-state index < -0.39 is 11.7 Å². The molecule has 2 amide bonds. The molecule has 1 aliphatic rings. The molecule has 5 heteroatoms. The summed E-state index contributed by atoms with van der Waals surface area (Å²) in [4.78, 5) is 27.9. The topological polar surface area (TPSA) is 49.4 Å². The van der Waals surface area contributed by atoms with Crippen LogP contribution in [-0.4, -0.2) is 23.3 Å². The Kier molecular flexibility index (Phi) is 5.67. The molecule has 156 valence electrons. The average molecular weight is 414 g/mol. The van der Waals surface area contributed by atoms with E-state index in [-0.39, 0.29) is 18.1 Å². The third-order valence-corrected chi connectivity index (χ3v) is 5.52. The summed E-state index contributed by atoms with van der Waals surface area (Å²) in [5, 5.41) is 3.00. The third kappa shape index (κ3) is 4.26. The van der Waals surface area contributed by atoms with Crippen molar-refractivity contribution in [3.63, 3.8) is 0 Å². The lowest BCUT2D eigenvalue weighted by Gasteiger charge is -2.15. The minimum absolute atomic E-state index is 0.173. The van der Waals surface area contributed by atoms with Crippen LogP contribution in [0.25, 0.3) is 5.57 Å². The first-order chi connectivity index (χ1) is 14.9. The Morgan fingerprint density at radius 1 is 0.839 bits per heavy atom. The molecule has 1 heterocycles. The van der Waals surface area contributed by atoms with Gasteiger partial charge in [-0.2, -0.15) is 0 Å². The summed E-state index contributed by atoms with van der Waals surface area (Å²) in [6.45, 7) is 4.23. The molecule has 0 radical (unpaired) electrons. The molecule has 0 fully saturated rings. The van der Waals surface area contributed by atoms with Crippen molar-refractivity contribution in [2.75, 3.05) is 11.9 Å². The second-order valence-electron chi connectivity index (χ2n) is 7.68. The first-order valence-electron chi connectivity index (χ1n) is 10.2. The maximum absolute atomic E-state index is 13.7. The van der Waals surface area contributed by atoms with Crippen LogP contribution < -0.4 is 5.32 Å². The number of hydrogen-bond acceptors (Lipinski definition) is 3. The van der Waals surface area contributed by atoms with Gasteiger partial charge >= 0.3 is 0 Å². The lowest BCUT2D eigenvalue weighted by molar-refractivity contribution is -0.136. The molecule has 0 aromatic heterocycles. The van der Waals surface area contributed by atoms with Crippen LogP contribution in [0.4, 0.5) is 10.1 Å². The molecule has 1 N–H and O–H groups in total. The van der Waals surface area contributed by atoms with Crippen molar-refractivity contribution in [2.24, 2.45) is 0 Å². The Morgan fingerprint density at radius 2 is 1.61 bits per heavy atom. The molecule has 3 aromatic carbocycles. The first-order valence-corrected chi connectivity index (χ1v) is 10.2. The van der Waals surface area contributed by atoms with Crippen LogP contribution in [0.5, 0.6) is 0 Å². The highest BCUT2D eigenvalue weighted by atomic mass is 19.1. The second kappa shape index (κ2) is 8.56. The standard InChI is InChI=1S/C26H23FN2O2/c1-17-11-12-20(15-18(17)2)23-24(28-22-10-6-9-21(27)16-22)26(31)29(25(23)30)14-13-19-7-4-3-5-8-19/h3-12,15-16,28H,13-14H2,1-2H3. The van der Waals surface area contributed by atoms with Crippen LogP contribution in [0, 0.1) is 19.7 Å². The number of benzene rings is 3. The van der Waals surface area contributed by atoms with Gasteiger partial charge < -0.3 is 5.32 Å². The monoisotopic (exact) mass is 414 g/mol. The molecule has 0 saturated heterocycles. The van der Waals surface area contributed by atoms with Crippen molar-refractivity contribution in [1.82, 2.24) is 4.90 Å². The smallest absolute Gasteiger partial charge is 0.278 e. The van der Waals surface area contributed by atoms with Gasteiger partial charge in [0.05, 0.1) is 5.57 Å². The van der Waals surface area contributed by atoms with E-state index in [0.29, 0.717) is 23.2 Å². The summed E-state index contributed by atoms with van der Waals surface area (Å²) in [6, 6.07) is 21.3. The third-order valence-electron chi connectivity index (χ3n) is 5.52. The van der Waals surface area contributed by atoms with Gasteiger partial charge in [-0.3, -0.25) is 14.5 Å². The van der Waals surface area contributed by atoms with E-state index in [4.69, 9.17) is 0 Å². The highest BCUT2D eigenvalue weighted by Gasteiger charge is 2.39. The van der Waals surface area contributed by atoms with Gasteiger partial charge in [0.2, 0.25) is 0 Å². The van der Waals surface area contributed by atoms with Crippen molar-refractivity contribution in [3.8, 4) is 0 Å². The number of hydrogen-bond donors (Lipinski definition) is 1. The van der Waals surface area contributed by atoms with Crippen LogP contribution in [-0.2, 0) is 16.0 Å². The van der Waals surface area contributed by atoms with Crippen LogP contribution in [0.2, 0.25) is 0 Å². The van der Waals surface area contributed by atoms with Gasteiger partial charge in [-0.05, 0) is 60.7 Å². The minimum Gasteiger partial charge on any atom is -0.350 e. The Balaban J connectivity index is 1.70. The Morgan fingerprint density at radius 3 is 2.32 bits per heavy atom. The molecule has 3 aromatic rings. The molecule has 0 atom stereocenters. The van der Waals surface area contributed by atoms with Crippen molar-refractivity contribution in [1.29, 1.82) is 0 Å². The fourth-order valence-electron chi connectivity index (χ4n) is 3.66. The predicted octanol–water partition coefficient (Wildman–Crippen LogP) is 4.88. The van der Waals surface area contributed by atoms with Crippen molar-refractivity contribution in [3.05, 3.63) is 107 Å². The zero-order valence-corrected chi connectivity index (χ0v) is 17.5. The number of nitrogens with one attached hydrogen (secondary N) is 1. The number of anilines is 1. The summed E-state index contributed by atoms with van der Waals surface area (Å²) in [5.41, 5.74) is 4.74. The first kappa shape index (κ1) is 20.5. The number of carbonyl (C=O) groups excluding carboxylic acids is 2. The van der Waals surface area contributed by atoms with Gasteiger partial charge in [0, 0.05) is 12.2 Å². The van der Waals surface area contributed by atoms with Gasteiger partial charge in [0.15, 0.2) is 0 Å². The van der Waals surface area contributed by atoms with Crippen molar-refractivity contribution < 1.29 is 14.0 Å². The van der Waals surface area contributed by atoms with Gasteiger partial charge in [0.1, 0.15) is 11.5 Å². The number of amides is 2. The van der Waals surface area contributed by atoms with E-state index in [1.165, 1.54) is 17.0 Å². The van der Waals surface area contributed by atoms with Crippen LogP contribution in [0.15, 0.2) is 78.5 Å². The number of carbonyl (C=O) groups is 2. The van der Waals surface area contributed by atoms with E-state index in [9.17, 15) is 14.0 Å². The van der Waals surface area contributed by atoms with E-state index >= 15 is 0 Å². The summed E-state index contributed by atoms with van der Waals surface area (Å²) >= 11 is 0. The quantitative estimate of drug-likeness (QED) is 0.585. The fraction of sp³-hybridized carbons (Fsp3) is 0.154. The highest BCUT2D eigenvalue weighted by molar-refractivity contribution is 6.36. The largest absolute Gasteiger partial charge is 0.350 e. The normalized spacial score (nSPS) is 13.8. The van der Waals surface area contributed by atoms with Crippen LogP contribution in [0.1, 0.15) is 22.3 Å². The van der Waals surface area contributed by atoms with Crippen molar-refractivity contribution in [2.45, 2.75) is 20.3 Å². The van der Waals surface area contributed by atoms with Crippen molar-refractivity contribution >= 4 is 23.1 Å². The summed E-state index contributed by atoms with van der Waals surface area (Å²) < 4.78 is 13.7. The molecule has 0 bridgehead atoms. The van der Waals surface area contributed by atoms with Crippen LogP contribution >= 0.6 is 0 Å². The number of halogens is 1. The molecule has 1 aliphatic heterocycles. The molecule has 4 rings (SSSR count). The Bertz CT molecular complexity index is 1190. The van der Waals surface area contributed by atoms with Gasteiger partial charge in [-0.1, -0.05) is 54.6 Å². The summed E-state index contributed by atoms with van der Waals surface area (Å²) in [7, 11) is 0. The van der Waals surface area contributed by atoms with E-state index in [0.717, 1.165) is 16.7 Å². The molecule has 0 saturated carbocycles. The van der Waals surface area contributed by atoms with Gasteiger partial charge in [-0.25, -0.2) is 4.39 Å². The SMILES string of the molecule is Cc1ccc(C2=C(Nc3cccc(F)c3)C(=O)N(CCc3ccccc3)C2=O)cc1C. The molecule has 4 nitrogen and oxygen atoms in total. The molecule has 0 aliphatic carbocycles. The molecular weight excluding hydrogens is 391 g/mol. The summed E-state index contributed by atoms with van der Waals surface area (Å²) in [5.74, 6) is -1.17. The maximum atomic E-state index is 13.7. The van der Waals surface area contributed by atoms with Crippen LogP contribution in [0.3, 0.4) is 0 Å². The second-order valence-corrected chi connectivity index (χ2v) is 7.68. The predicted molar refractivity (Wildman–Crippen MR) is 120 cm³/mol. The Labute approximate surface area is 181 Å². The molecule has 31 heavy (non-hydrogen) atoms. The minimum atomic E-state index is -0.420. The highest BCUT2D eigenvalue weighted by Crippen LogP contribution is 2.31. The van der Waals surface area contributed by atoms with E-state index in [1.54, 1.807) is 12.1 Å². The maximum Gasteiger partial charge on any atom is 0.278 e. The zero-order valence-electron chi connectivity index (χ0n) is 17.5. The fourth-order valence-corrected chi connectivity index (χ4v) is 3.66. The lowest BCUT2D eigenvalue weighted by Crippen LogP contribution is -2.34. The van der Waals surface area contributed by atoms with Gasteiger partial charge in [0.25, 0.3) is 11.8 Å². The molecule has 0 unspecified atom stereocenters. The Hall–Kier alpha value is -3.73. The summed E-state index contributed by atoms with van der Waals surface area (Å²) in [6.07, 6.45) is 0.561. The lowest BCUT2D eigenvalue weighted by atomic mass is 9.99. The average Bonchev–Trinajstić information content (AvgIpc) is 2.99. The van der Waals surface area contributed by atoms with E-state index in [1.807, 2.05) is 62.4 Å². The van der Waals surface area contributed by atoms with Gasteiger partial charge in [-0.15, -0.1) is 0 Å².